The molecule has 3 nitrogen and oxygen atoms in total. The molecule has 0 aliphatic rings. The molecule has 3 heteroatoms. The summed E-state index contributed by atoms with van der Waals surface area (Å²) in [7, 11) is 5.80. The molecule has 1 aromatic carbocycles. The number of nitrogens with zero attached hydrogens (tertiary/aromatic N) is 1. The molecule has 1 aromatic heterocycles. The highest BCUT2D eigenvalue weighted by atomic mass is 16.5. The summed E-state index contributed by atoms with van der Waals surface area (Å²) in [5.41, 5.74) is 3.75. The molecule has 0 amide bonds. The van der Waals surface area contributed by atoms with Gasteiger partial charge in [0.2, 0.25) is 0 Å². The number of rotatable bonds is 3. The first kappa shape index (κ1) is 13.0. The first-order chi connectivity index (χ1) is 8.40. The van der Waals surface area contributed by atoms with Gasteiger partial charge in [-0.05, 0) is 51.1 Å². The normalized spacial score (nSPS) is 12.1. The number of ether oxygens (including phenoxy) is 1. The third-order valence-corrected chi connectivity index (χ3v) is 3.77. The van der Waals surface area contributed by atoms with Crippen LogP contribution in [0, 0.1) is 6.92 Å². The van der Waals surface area contributed by atoms with Crippen LogP contribution in [0.4, 0.5) is 0 Å². The Kier molecular flexibility index (Phi) is 3.11. The molecule has 1 heterocycles. The van der Waals surface area contributed by atoms with Gasteiger partial charge in [-0.2, -0.15) is 0 Å². The summed E-state index contributed by atoms with van der Waals surface area (Å²) in [6, 6.07) is 4.20. The quantitative estimate of drug-likeness (QED) is 0.901. The Hall–Kier alpha value is -1.48. The van der Waals surface area contributed by atoms with E-state index in [4.69, 9.17) is 4.74 Å². The molecule has 2 rings (SSSR count). The van der Waals surface area contributed by atoms with Gasteiger partial charge in [-0.3, -0.25) is 0 Å². The van der Waals surface area contributed by atoms with E-state index in [1.54, 1.807) is 7.11 Å². The summed E-state index contributed by atoms with van der Waals surface area (Å²) < 4.78 is 7.58. The van der Waals surface area contributed by atoms with E-state index in [2.05, 4.69) is 56.0 Å². The van der Waals surface area contributed by atoms with Gasteiger partial charge >= 0.3 is 0 Å². The van der Waals surface area contributed by atoms with Gasteiger partial charge in [0.05, 0.1) is 12.6 Å². The van der Waals surface area contributed by atoms with Crippen molar-refractivity contribution in [1.29, 1.82) is 0 Å². The molecule has 0 unspecified atom stereocenters. The Morgan fingerprint density at radius 2 is 1.94 bits per heavy atom. The number of nitrogens with one attached hydrogen (secondary N) is 1. The molecule has 0 saturated carbocycles. The molecule has 0 aliphatic heterocycles. The van der Waals surface area contributed by atoms with Crippen LogP contribution in [0.1, 0.15) is 25.0 Å². The lowest BCUT2D eigenvalue weighted by Crippen LogP contribution is -2.32. The maximum Gasteiger partial charge on any atom is 0.119 e. The highest BCUT2D eigenvalue weighted by molar-refractivity contribution is 5.89. The zero-order valence-electron chi connectivity index (χ0n) is 12.1. The summed E-state index contributed by atoms with van der Waals surface area (Å²) in [5, 5.41) is 4.62. The van der Waals surface area contributed by atoms with Crippen molar-refractivity contribution in [3.8, 4) is 5.75 Å². The van der Waals surface area contributed by atoms with E-state index in [1.807, 2.05) is 7.05 Å². The maximum atomic E-state index is 5.38. The Balaban J connectivity index is 2.80. The molecule has 0 aliphatic carbocycles. The average molecular weight is 246 g/mol. The van der Waals surface area contributed by atoms with E-state index < -0.39 is 0 Å². The van der Waals surface area contributed by atoms with Crippen molar-refractivity contribution in [2.24, 2.45) is 7.05 Å². The third kappa shape index (κ3) is 1.89. The van der Waals surface area contributed by atoms with Crippen molar-refractivity contribution in [1.82, 2.24) is 9.88 Å². The van der Waals surface area contributed by atoms with Gasteiger partial charge < -0.3 is 14.6 Å². The largest absolute Gasteiger partial charge is 0.497 e. The number of hydrogen-bond acceptors (Lipinski definition) is 2. The number of aryl methyl sites for hydroxylation is 2. The van der Waals surface area contributed by atoms with Gasteiger partial charge in [-0.25, -0.2) is 0 Å². The number of methoxy groups -OCH3 is 1. The first-order valence-electron chi connectivity index (χ1n) is 6.23. The number of benzene rings is 1. The second-order valence-electron chi connectivity index (χ2n) is 5.37. The maximum absolute atomic E-state index is 5.38. The molecule has 0 spiro atoms. The van der Waals surface area contributed by atoms with Crippen LogP contribution in [0.25, 0.3) is 10.9 Å². The summed E-state index contributed by atoms with van der Waals surface area (Å²) >= 11 is 0. The smallest absolute Gasteiger partial charge is 0.119 e. The van der Waals surface area contributed by atoms with Crippen LogP contribution in [0.15, 0.2) is 18.3 Å². The van der Waals surface area contributed by atoms with Gasteiger partial charge in [-0.15, -0.1) is 0 Å². The molecular formula is C15H22N2O. The zero-order chi connectivity index (χ0) is 13.5. The minimum atomic E-state index is -0.0572. The minimum Gasteiger partial charge on any atom is -0.497 e. The van der Waals surface area contributed by atoms with Gasteiger partial charge in [0, 0.05) is 24.2 Å². The molecule has 1 N–H and O–H groups in total. The topological polar surface area (TPSA) is 26.2 Å². The van der Waals surface area contributed by atoms with Crippen molar-refractivity contribution in [3.63, 3.8) is 0 Å². The van der Waals surface area contributed by atoms with Gasteiger partial charge in [-0.1, -0.05) is 0 Å². The van der Waals surface area contributed by atoms with Crippen molar-refractivity contribution in [2.75, 3.05) is 14.2 Å². The number of fused-ring (bicyclic) bond motifs is 1. The fourth-order valence-corrected chi connectivity index (χ4v) is 2.50. The molecule has 0 radical (unpaired) electrons. The van der Waals surface area contributed by atoms with E-state index >= 15 is 0 Å². The van der Waals surface area contributed by atoms with E-state index in [9.17, 15) is 0 Å². The molecule has 18 heavy (non-hydrogen) atoms. The lowest BCUT2D eigenvalue weighted by Gasteiger charge is -2.23. The van der Waals surface area contributed by atoms with E-state index in [1.165, 1.54) is 22.0 Å². The molecule has 0 bridgehead atoms. The Bertz CT molecular complexity index is 582. The molecular weight excluding hydrogens is 224 g/mol. The van der Waals surface area contributed by atoms with Crippen LogP contribution in [0.5, 0.6) is 5.75 Å². The van der Waals surface area contributed by atoms with Crippen molar-refractivity contribution in [2.45, 2.75) is 26.3 Å². The number of aromatic nitrogens is 1. The van der Waals surface area contributed by atoms with Crippen LogP contribution in [-0.2, 0) is 12.6 Å². The lowest BCUT2D eigenvalue weighted by molar-refractivity contribution is 0.415. The molecule has 2 aromatic rings. The summed E-state index contributed by atoms with van der Waals surface area (Å²) in [4.78, 5) is 0. The Labute approximate surface area is 109 Å². The summed E-state index contributed by atoms with van der Waals surface area (Å²) in [6.07, 6.45) is 2.20. The van der Waals surface area contributed by atoms with Crippen molar-refractivity contribution in [3.05, 3.63) is 29.5 Å². The monoisotopic (exact) mass is 246 g/mol. The second kappa shape index (κ2) is 4.32. The predicted molar refractivity (Wildman–Crippen MR) is 76.3 cm³/mol. The molecule has 98 valence electrons. The zero-order valence-corrected chi connectivity index (χ0v) is 12.1. The van der Waals surface area contributed by atoms with Crippen molar-refractivity contribution < 1.29 is 4.74 Å². The summed E-state index contributed by atoms with van der Waals surface area (Å²) in [5.74, 6) is 0.916. The van der Waals surface area contributed by atoms with E-state index in [0.717, 1.165) is 5.75 Å². The SMILES string of the molecule is CNC(C)(C)c1cn(C)c2c(C)cc(OC)cc12. The molecule has 0 atom stereocenters. The highest BCUT2D eigenvalue weighted by Gasteiger charge is 2.23. The minimum absolute atomic E-state index is 0.0572. The lowest BCUT2D eigenvalue weighted by atomic mass is 9.93. The summed E-state index contributed by atoms with van der Waals surface area (Å²) in [6.45, 7) is 6.51. The third-order valence-electron chi connectivity index (χ3n) is 3.77. The van der Waals surface area contributed by atoms with Gasteiger partial charge in [0.1, 0.15) is 5.75 Å². The van der Waals surface area contributed by atoms with Crippen LogP contribution >= 0.6 is 0 Å². The van der Waals surface area contributed by atoms with Gasteiger partial charge in [0.25, 0.3) is 0 Å². The van der Waals surface area contributed by atoms with E-state index in [-0.39, 0.29) is 5.54 Å². The standard InChI is InChI=1S/C15H22N2O/c1-10-7-11(18-6)8-12-13(15(2,3)16-4)9-17(5)14(10)12/h7-9,16H,1-6H3. The van der Waals surface area contributed by atoms with Crippen LogP contribution in [0.3, 0.4) is 0 Å². The fourth-order valence-electron chi connectivity index (χ4n) is 2.50. The Morgan fingerprint density at radius 1 is 1.28 bits per heavy atom. The second-order valence-corrected chi connectivity index (χ2v) is 5.37. The predicted octanol–water partition coefficient (Wildman–Crippen LogP) is 2.95. The van der Waals surface area contributed by atoms with Gasteiger partial charge in [0.15, 0.2) is 0 Å². The average Bonchev–Trinajstić information content (AvgIpc) is 2.67. The molecule has 0 saturated heterocycles. The van der Waals surface area contributed by atoms with Crippen molar-refractivity contribution >= 4 is 10.9 Å². The van der Waals surface area contributed by atoms with E-state index in [0.29, 0.717) is 0 Å². The number of hydrogen-bond donors (Lipinski definition) is 1. The fraction of sp³-hybridized carbons (Fsp3) is 0.467. The highest BCUT2D eigenvalue weighted by Crippen LogP contribution is 2.34. The van der Waals surface area contributed by atoms with Crippen LogP contribution in [-0.4, -0.2) is 18.7 Å². The Morgan fingerprint density at radius 3 is 2.50 bits per heavy atom. The van der Waals surface area contributed by atoms with Crippen LogP contribution in [0.2, 0.25) is 0 Å². The van der Waals surface area contributed by atoms with Crippen LogP contribution < -0.4 is 10.1 Å². The first-order valence-corrected chi connectivity index (χ1v) is 6.23. The molecule has 0 fully saturated rings.